The van der Waals surface area contributed by atoms with Gasteiger partial charge < -0.3 is 21.1 Å². The fraction of sp³-hybridized carbons (Fsp3) is 0.652. The fourth-order valence-corrected chi connectivity index (χ4v) is 4.92. The summed E-state index contributed by atoms with van der Waals surface area (Å²) in [5.74, 6) is -0.745. The quantitative estimate of drug-likeness (QED) is 0.543. The monoisotopic (exact) mass is 471 g/mol. The van der Waals surface area contributed by atoms with Crippen molar-refractivity contribution in [1.82, 2.24) is 10.2 Å². The summed E-state index contributed by atoms with van der Waals surface area (Å²) in [5.41, 5.74) is 6.72. The van der Waals surface area contributed by atoms with Gasteiger partial charge in [0.2, 0.25) is 5.91 Å². The van der Waals surface area contributed by atoms with Gasteiger partial charge in [-0.1, -0.05) is 36.9 Å². The lowest BCUT2D eigenvalue weighted by Gasteiger charge is -2.31. The molecule has 0 radical (unpaired) electrons. The molecule has 0 spiro atoms. The highest BCUT2D eigenvalue weighted by molar-refractivity contribution is 6.30. The van der Waals surface area contributed by atoms with Crippen LogP contribution in [0.2, 0.25) is 5.02 Å². The molecular formula is C23H32ClF2N3O3. The van der Waals surface area contributed by atoms with Gasteiger partial charge in [-0.15, -0.1) is 0 Å². The number of halogens is 3. The number of nitrogens with zero attached hydrogens (tertiary/aromatic N) is 1. The highest BCUT2D eigenvalue weighted by Gasteiger charge is 2.39. The molecule has 1 saturated heterocycles. The Morgan fingerprint density at radius 2 is 1.88 bits per heavy atom. The third-order valence-electron chi connectivity index (χ3n) is 6.59. The van der Waals surface area contributed by atoms with E-state index >= 15 is 0 Å². The van der Waals surface area contributed by atoms with Crippen LogP contribution in [-0.4, -0.2) is 53.0 Å². The molecule has 0 bridgehead atoms. The molecule has 1 aromatic carbocycles. The minimum Gasteiger partial charge on any atom is -0.383 e. The van der Waals surface area contributed by atoms with Crippen LogP contribution in [0.4, 0.5) is 8.78 Å². The zero-order chi connectivity index (χ0) is 23.3. The number of alkyl halides is 2. The first-order valence-electron chi connectivity index (χ1n) is 11.3. The van der Waals surface area contributed by atoms with Crippen LogP contribution in [0.25, 0.3) is 0 Å². The van der Waals surface area contributed by atoms with Crippen LogP contribution in [0.15, 0.2) is 18.2 Å². The number of amides is 2. The number of aliphatic hydroxyl groups is 1. The lowest BCUT2D eigenvalue weighted by atomic mass is 9.84. The molecule has 4 N–H and O–H groups in total. The Morgan fingerprint density at radius 1 is 1.16 bits per heavy atom. The van der Waals surface area contributed by atoms with Crippen LogP contribution < -0.4 is 11.1 Å². The third kappa shape index (κ3) is 6.17. The molecule has 178 valence electrons. The van der Waals surface area contributed by atoms with Gasteiger partial charge in [-0.05, 0) is 61.3 Å². The van der Waals surface area contributed by atoms with E-state index < -0.39 is 24.6 Å². The average molecular weight is 472 g/mol. The van der Waals surface area contributed by atoms with Gasteiger partial charge in [0.1, 0.15) is 12.1 Å². The second kappa shape index (κ2) is 11.4. The number of nitrogens with one attached hydrogen (secondary N) is 1. The van der Waals surface area contributed by atoms with Gasteiger partial charge in [0.25, 0.3) is 12.3 Å². The van der Waals surface area contributed by atoms with Gasteiger partial charge >= 0.3 is 0 Å². The number of likely N-dealkylation sites (tertiary alicyclic amines) is 1. The highest BCUT2D eigenvalue weighted by atomic mass is 35.5. The fourth-order valence-electron chi connectivity index (χ4n) is 4.73. The molecule has 6 nitrogen and oxygen atoms in total. The van der Waals surface area contributed by atoms with Gasteiger partial charge in [0.15, 0.2) is 0 Å². The Morgan fingerprint density at radius 3 is 2.56 bits per heavy atom. The largest absolute Gasteiger partial charge is 0.383 e. The van der Waals surface area contributed by atoms with Crippen molar-refractivity contribution in [3.63, 3.8) is 0 Å². The van der Waals surface area contributed by atoms with E-state index in [-0.39, 0.29) is 30.7 Å². The maximum absolute atomic E-state index is 12.9. The molecule has 32 heavy (non-hydrogen) atoms. The average Bonchev–Trinajstić information content (AvgIpc) is 3.28. The summed E-state index contributed by atoms with van der Waals surface area (Å²) in [7, 11) is 0. The molecule has 1 aliphatic heterocycles. The molecule has 2 aliphatic rings. The van der Waals surface area contributed by atoms with Crippen molar-refractivity contribution in [2.45, 2.75) is 82.5 Å². The molecule has 1 saturated carbocycles. The van der Waals surface area contributed by atoms with Crippen LogP contribution in [0.1, 0.15) is 56.1 Å². The number of carbonyl (C=O) groups is 2. The molecular weight excluding hydrogens is 440 g/mol. The Bertz CT molecular complexity index is 805. The second-order valence-corrected chi connectivity index (χ2v) is 9.30. The topological polar surface area (TPSA) is 95.7 Å². The molecule has 1 unspecified atom stereocenters. The summed E-state index contributed by atoms with van der Waals surface area (Å²) < 4.78 is 25.8. The van der Waals surface area contributed by atoms with Crippen molar-refractivity contribution in [3.05, 3.63) is 34.3 Å². The van der Waals surface area contributed by atoms with Crippen LogP contribution in [0.3, 0.4) is 0 Å². The summed E-state index contributed by atoms with van der Waals surface area (Å²) in [6, 6.07) is 2.91. The van der Waals surface area contributed by atoms with Gasteiger partial charge in [-0.25, -0.2) is 8.78 Å². The first-order valence-corrected chi connectivity index (χ1v) is 11.7. The lowest BCUT2D eigenvalue weighted by Crippen LogP contribution is -2.50. The third-order valence-corrected chi connectivity index (χ3v) is 6.82. The van der Waals surface area contributed by atoms with E-state index in [2.05, 4.69) is 5.32 Å². The number of rotatable bonds is 8. The van der Waals surface area contributed by atoms with Crippen molar-refractivity contribution < 1.29 is 23.5 Å². The van der Waals surface area contributed by atoms with Crippen molar-refractivity contribution in [1.29, 1.82) is 0 Å². The van der Waals surface area contributed by atoms with Gasteiger partial charge in [0, 0.05) is 18.1 Å². The molecule has 1 aromatic rings. The van der Waals surface area contributed by atoms with Gasteiger partial charge in [0.05, 0.1) is 6.04 Å². The predicted molar refractivity (Wildman–Crippen MR) is 118 cm³/mol. The normalized spacial score (nSPS) is 21.6. The first kappa shape index (κ1) is 24.9. The molecule has 3 rings (SSSR count). The van der Waals surface area contributed by atoms with E-state index in [1.165, 1.54) is 4.90 Å². The zero-order valence-corrected chi connectivity index (χ0v) is 18.9. The Kier molecular flexibility index (Phi) is 8.85. The Labute approximate surface area is 192 Å². The van der Waals surface area contributed by atoms with Crippen molar-refractivity contribution in [2.75, 3.05) is 6.54 Å². The molecule has 0 aromatic heterocycles. The van der Waals surface area contributed by atoms with Crippen LogP contribution in [0, 0.1) is 5.92 Å². The Hall–Kier alpha value is -1.77. The molecule has 9 heteroatoms. The van der Waals surface area contributed by atoms with E-state index in [1.807, 2.05) is 0 Å². The summed E-state index contributed by atoms with van der Waals surface area (Å²) in [6.45, 7) is 0.529. The number of nitrogens with two attached hydrogens (primary N) is 1. The number of carbonyl (C=O) groups excluding carboxylic acids is 2. The SMILES string of the molecule is NC(Cc1ccc(Cl)cc1CNC(=O)[C@@H]1CCCN1C(=O)[C@@H](O)C1CCCCC1)C(F)F. The maximum atomic E-state index is 12.9. The summed E-state index contributed by atoms with van der Waals surface area (Å²) >= 11 is 6.06. The number of hydrogen-bond donors (Lipinski definition) is 3. The summed E-state index contributed by atoms with van der Waals surface area (Å²) in [6.07, 6.45) is 2.25. The Balaban J connectivity index is 1.63. The minimum atomic E-state index is -2.65. The highest BCUT2D eigenvalue weighted by Crippen LogP contribution is 2.29. The molecule has 1 aliphatic carbocycles. The van der Waals surface area contributed by atoms with E-state index in [0.717, 1.165) is 32.1 Å². The lowest BCUT2D eigenvalue weighted by molar-refractivity contribution is -0.148. The van der Waals surface area contributed by atoms with Crippen LogP contribution >= 0.6 is 11.6 Å². The number of benzene rings is 1. The minimum absolute atomic E-state index is 0.0400. The van der Waals surface area contributed by atoms with Crippen molar-refractivity contribution in [3.8, 4) is 0 Å². The molecule has 2 fully saturated rings. The molecule has 1 heterocycles. The molecule has 3 atom stereocenters. The smallest absolute Gasteiger partial charge is 0.253 e. The van der Waals surface area contributed by atoms with E-state index in [0.29, 0.717) is 35.5 Å². The van der Waals surface area contributed by atoms with Crippen LogP contribution in [0.5, 0.6) is 0 Å². The molecule has 2 amide bonds. The standard InChI is InChI=1S/C23H32ClF2N3O3/c24-17-9-8-15(12-18(27)21(25)26)16(11-17)13-28-22(31)19-7-4-10-29(19)23(32)20(30)14-5-2-1-3-6-14/h8-9,11,14,18-21,30H,1-7,10,12-13,27H2,(H,28,31)/t18?,19-,20-/m0/s1. The summed E-state index contributed by atoms with van der Waals surface area (Å²) in [5, 5.41) is 13.8. The maximum Gasteiger partial charge on any atom is 0.253 e. The van der Waals surface area contributed by atoms with Crippen molar-refractivity contribution >= 4 is 23.4 Å². The van der Waals surface area contributed by atoms with E-state index in [1.54, 1.807) is 18.2 Å². The van der Waals surface area contributed by atoms with Gasteiger partial charge in [-0.3, -0.25) is 9.59 Å². The van der Waals surface area contributed by atoms with E-state index in [4.69, 9.17) is 17.3 Å². The first-order chi connectivity index (χ1) is 15.3. The van der Waals surface area contributed by atoms with Gasteiger partial charge in [-0.2, -0.15) is 0 Å². The van der Waals surface area contributed by atoms with E-state index in [9.17, 15) is 23.5 Å². The second-order valence-electron chi connectivity index (χ2n) is 8.87. The van der Waals surface area contributed by atoms with Crippen molar-refractivity contribution in [2.24, 2.45) is 11.7 Å². The van der Waals surface area contributed by atoms with Crippen LogP contribution in [-0.2, 0) is 22.6 Å². The zero-order valence-electron chi connectivity index (χ0n) is 18.1. The number of aliphatic hydroxyl groups excluding tert-OH is 1. The number of hydrogen-bond acceptors (Lipinski definition) is 4. The predicted octanol–water partition coefficient (Wildman–Crippen LogP) is 3.02. The summed E-state index contributed by atoms with van der Waals surface area (Å²) in [4.78, 5) is 27.3.